The molecule has 0 aliphatic carbocycles. The van der Waals surface area contributed by atoms with Crippen LogP contribution < -0.4 is 15.5 Å². The summed E-state index contributed by atoms with van der Waals surface area (Å²) in [7, 11) is 0. The van der Waals surface area contributed by atoms with E-state index < -0.39 is 0 Å². The Morgan fingerprint density at radius 2 is 2.12 bits per heavy atom. The van der Waals surface area contributed by atoms with Crippen molar-refractivity contribution in [2.45, 2.75) is 45.6 Å². The van der Waals surface area contributed by atoms with Gasteiger partial charge < -0.3 is 10.2 Å². The van der Waals surface area contributed by atoms with Crippen LogP contribution in [-0.2, 0) is 4.79 Å². The Balaban J connectivity index is 2.26. The van der Waals surface area contributed by atoms with E-state index in [1.807, 2.05) is 6.92 Å². The zero-order chi connectivity index (χ0) is 12.7. The molecule has 5 nitrogen and oxygen atoms in total. The van der Waals surface area contributed by atoms with Crippen molar-refractivity contribution in [3.05, 3.63) is 0 Å². The molecule has 1 aliphatic rings. The third kappa shape index (κ3) is 5.17. The van der Waals surface area contributed by atoms with Gasteiger partial charge in [-0.1, -0.05) is 6.92 Å². The van der Waals surface area contributed by atoms with Crippen LogP contribution in [0.15, 0.2) is 0 Å². The van der Waals surface area contributed by atoms with E-state index >= 15 is 0 Å². The second-order valence-corrected chi connectivity index (χ2v) is 4.79. The molecule has 1 rings (SSSR count). The number of carbonyl (C=O) groups excluding carboxylic acids is 2. The molecule has 3 amide bonds. The van der Waals surface area contributed by atoms with Gasteiger partial charge in [0, 0.05) is 6.54 Å². The van der Waals surface area contributed by atoms with E-state index in [0.717, 1.165) is 13.0 Å². The lowest BCUT2D eigenvalue weighted by atomic mass is 10.0. The summed E-state index contributed by atoms with van der Waals surface area (Å²) in [5, 5.41) is 5.00. The first-order chi connectivity index (χ1) is 8.13. The van der Waals surface area contributed by atoms with Crippen molar-refractivity contribution >= 4 is 11.9 Å². The quantitative estimate of drug-likeness (QED) is 0.633. The van der Waals surface area contributed by atoms with E-state index in [1.165, 1.54) is 24.2 Å². The van der Waals surface area contributed by atoms with Gasteiger partial charge in [0.1, 0.15) is 0 Å². The van der Waals surface area contributed by atoms with Crippen molar-refractivity contribution in [3.8, 4) is 0 Å². The molecule has 17 heavy (non-hydrogen) atoms. The second kappa shape index (κ2) is 7.27. The molecule has 1 saturated heterocycles. The molecule has 0 aromatic carbocycles. The zero-order valence-corrected chi connectivity index (χ0v) is 10.8. The van der Waals surface area contributed by atoms with Crippen LogP contribution in [0.25, 0.3) is 0 Å². The Labute approximate surface area is 103 Å². The maximum atomic E-state index is 11.6. The molecule has 0 bridgehead atoms. The van der Waals surface area contributed by atoms with Gasteiger partial charge in [-0.3, -0.25) is 10.1 Å². The molecule has 1 heterocycles. The van der Waals surface area contributed by atoms with E-state index in [9.17, 15) is 9.59 Å². The van der Waals surface area contributed by atoms with Crippen LogP contribution in [0, 0.1) is 0 Å². The van der Waals surface area contributed by atoms with Gasteiger partial charge in [-0.25, -0.2) is 4.79 Å². The summed E-state index contributed by atoms with van der Waals surface area (Å²) in [6.07, 6.45) is 4.47. The molecule has 0 spiro atoms. The van der Waals surface area contributed by atoms with Gasteiger partial charge >= 0.3 is 6.03 Å². The van der Waals surface area contributed by atoms with Crippen LogP contribution in [0.1, 0.15) is 39.5 Å². The summed E-state index contributed by atoms with van der Waals surface area (Å²) in [6, 6.07) is 0.147. The van der Waals surface area contributed by atoms with Gasteiger partial charge in [-0.05, 0) is 32.6 Å². The van der Waals surface area contributed by atoms with Crippen molar-refractivity contribution in [2.75, 3.05) is 19.6 Å². The van der Waals surface area contributed by atoms with Crippen LogP contribution in [0.2, 0.25) is 0 Å². The predicted octanol–water partition coefficient (Wildman–Crippen LogP) is -0.320. The molecule has 1 unspecified atom stereocenters. The third-order valence-corrected chi connectivity index (χ3v) is 3.26. The highest BCUT2D eigenvalue weighted by atomic mass is 16.2. The molecule has 1 fully saturated rings. The number of piperidine rings is 1. The molecule has 0 radical (unpaired) electrons. The largest absolute Gasteiger partial charge is 0.338 e. The molecule has 2 atom stereocenters. The fourth-order valence-corrected chi connectivity index (χ4v) is 2.18. The molecule has 0 saturated carbocycles. The molecule has 3 N–H and O–H groups in total. The number of nitrogens with one attached hydrogen (secondary N) is 3. The molecule has 1 aliphatic heterocycles. The van der Waals surface area contributed by atoms with E-state index in [2.05, 4.69) is 17.6 Å². The first kappa shape index (κ1) is 14.0. The molecule has 0 aromatic rings. The lowest BCUT2D eigenvalue weighted by Gasteiger charge is -2.29. The van der Waals surface area contributed by atoms with Crippen molar-refractivity contribution in [3.63, 3.8) is 0 Å². The number of urea groups is 1. The third-order valence-electron chi connectivity index (χ3n) is 3.26. The minimum atomic E-state index is -0.374. The first-order valence-corrected chi connectivity index (χ1v) is 6.55. The summed E-state index contributed by atoms with van der Waals surface area (Å²) in [4.78, 5) is 24.2. The monoisotopic (exact) mass is 242 g/mol. The van der Waals surface area contributed by atoms with E-state index in [1.54, 1.807) is 0 Å². The number of amides is 3. The number of imide groups is 1. The van der Waals surface area contributed by atoms with E-state index in [-0.39, 0.29) is 11.9 Å². The van der Waals surface area contributed by atoms with Gasteiger partial charge in [-0.2, -0.15) is 0 Å². The summed E-state index contributed by atoms with van der Waals surface area (Å²) in [5.74, 6) is -0.178. The van der Waals surface area contributed by atoms with Gasteiger partial charge in [-0.15, -0.1) is 0 Å². The van der Waals surface area contributed by atoms with Crippen molar-refractivity contribution < 1.29 is 14.5 Å². The standard InChI is InChI=1S/C12H23N3O2/c1-3-7-13-12(17)14-11(16)9-15-8-5-4-6-10(15)2/h10H,3-9H2,1-2H3,(H2,13,14,16,17)/p+1/t10-/m0/s1. The number of carbonyl (C=O) groups is 2. The predicted molar refractivity (Wildman–Crippen MR) is 65.8 cm³/mol. The Hall–Kier alpha value is -1.10. The van der Waals surface area contributed by atoms with Gasteiger partial charge in [0.2, 0.25) is 0 Å². The topological polar surface area (TPSA) is 62.6 Å². The number of rotatable bonds is 4. The molecule has 98 valence electrons. The summed E-state index contributed by atoms with van der Waals surface area (Å²) in [6.45, 7) is 6.18. The maximum Gasteiger partial charge on any atom is 0.321 e. The lowest BCUT2D eigenvalue weighted by Crippen LogP contribution is -3.17. The highest BCUT2D eigenvalue weighted by Gasteiger charge is 2.24. The Morgan fingerprint density at radius 1 is 1.35 bits per heavy atom. The fraction of sp³-hybridized carbons (Fsp3) is 0.833. The summed E-state index contributed by atoms with van der Waals surface area (Å²) in [5.41, 5.74) is 0. The van der Waals surface area contributed by atoms with Gasteiger partial charge in [0.05, 0.1) is 12.6 Å². The number of hydrogen-bond acceptors (Lipinski definition) is 2. The van der Waals surface area contributed by atoms with Gasteiger partial charge in [0.15, 0.2) is 6.54 Å². The molecule has 5 heteroatoms. The highest BCUT2D eigenvalue weighted by molar-refractivity contribution is 5.94. The van der Waals surface area contributed by atoms with Crippen molar-refractivity contribution in [1.29, 1.82) is 0 Å². The van der Waals surface area contributed by atoms with E-state index in [0.29, 0.717) is 19.1 Å². The number of quaternary nitrogens is 1. The average Bonchev–Trinajstić information content (AvgIpc) is 2.29. The van der Waals surface area contributed by atoms with Gasteiger partial charge in [0.25, 0.3) is 5.91 Å². The van der Waals surface area contributed by atoms with Crippen LogP contribution >= 0.6 is 0 Å². The van der Waals surface area contributed by atoms with Crippen LogP contribution in [-0.4, -0.2) is 37.6 Å². The number of hydrogen-bond donors (Lipinski definition) is 3. The van der Waals surface area contributed by atoms with Crippen LogP contribution in [0.4, 0.5) is 4.79 Å². The van der Waals surface area contributed by atoms with Crippen molar-refractivity contribution in [1.82, 2.24) is 10.6 Å². The van der Waals surface area contributed by atoms with Crippen LogP contribution in [0.3, 0.4) is 0 Å². The molecule has 0 aromatic heterocycles. The fourth-order valence-electron chi connectivity index (χ4n) is 2.18. The molecular weight excluding hydrogens is 218 g/mol. The van der Waals surface area contributed by atoms with E-state index in [4.69, 9.17) is 0 Å². The second-order valence-electron chi connectivity index (χ2n) is 4.79. The highest BCUT2D eigenvalue weighted by Crippen LogP contribution is 2.01. The maximum absolute atomic E-state index is 11.6. The normalized spacial score (nSPS) is 24.1. The lowest BCUT2D eigenvalue weighted by molar-refractivity contribution is -0.920. The minimum Gasteiger partial charge on any atom is -0.338 e. The Kier molecular flexibility index (Phi) is 5.97. The van der Waals surface area contributed by atoms with Crippen LogP contribution in [0.5, 0.6) is 0 Å². The smallest absolute Gasteiger partial charge is 0.321 e. The SMILES string of the molecule is CCCNC(=O)NC(=O)C[NH+]1CCCC[C@@H]1C. The van der Waals surface area contributed by atoms with Crippen molar-refractivity contribution in [2.24, 2.45) is 0 Å². The zero-order valence-electron chi connectivity index (χ0n) is 10.8. The Morgan fingerprint density at radius 3 is 2.76 bits per heavy atom. The minimum absolute atomic E-state index is 0.178. The summed E-state index contributed by atoms with van der Waals surface area (Å²) >= 11 is 0. The number of likely N-dealkylation sites (tertiary alicyclic amines) is 1. The average molecular weight is 242 g/mol. The first-order valence-electron chi connectivity index (χ1n) is 6.55. The Bertz CT molecular complexity index is 268. The summed E-state index contributed by atoms with van der Waals surface area (Å²) < 4.78 is 0. The molecular formula is C12H24N3O2+.